The van der Waals surface area contributed by atoms with E-state index >= 15 is 0 Å². The minimum absolute atomic E-state index is 0.323. The van der Waals surface area contributed by atoms with Crippen LogP contribution in [0.1, 0.15) is 26.7 Å². The third kappa shape index (κ3) is 4.22. The molecule has 1 heterocycles. The zero-order chi connectivity index (χ0) is 13.4. The zero-order valence-corrected chi connectivity index (χ0v) is 12.0. The van der Waals surface area contributed by atoms with E-state index in [0.29, 0.717) is 18.0 Å². The summed E-state index contributed by atoms with van der Waals surface area (Å²) in [6.07, 6.45) is 7.59. The summed E-state index contributed by atoms with van der Waals surface area (Å²) in [5.41, 5.74) is 0.505. The molecule has 0 fully saturated rings. The van der Waals surface area contributed by atoms with Gasteiger partial charge in [0.2, 0.25) is 0 Å². The highest BCUT2D eigenvalue weighted by atomic mass is 32.2. The normalized spacial score (nSPS) is 15.8. The fourth-order valence-electron chi connectivity index (χ4n) is 1.55. The maximum atomic E-state index is 11.9. The zero-order valence-electron chi connectivity index (χ0n) is 11.2. The first kappa shape index (κ1) is 14.8. The van der Waals surface area contributed by atoms with E-state index in [1.165, 1.54) is 0 Å². The first-order chi connectivity index (χ1) is 8.72. The van der Waals surface area contributed by atoms with Crippen molar-refractivity contribution in [1.29, 1.82) is 0 Å². The molecular formula is C13H20N2O2S. The van der Waals surface area contributed by atoms with Crippen LogP contribution in [0.4, 0.5) is 0 Å². The van der Waals surface area contributed by atoms with Gasteiger partial charge >= 0.3 is 5.97 Å². The monoisotopic (exact) mass is 268 g/mol. The molecule has 0 aromatic carbocycles. The molecule has 1 aliphatic rings. The smallest absolute Gasteiger partial charge is 0.341 e. The lowest BCUT2D eigenvalue weighted by molar-refractivity contribution is -0.138. The lowest BCUT2D eigenvalue weighted by atomic mass is 10.2. The van der Waals surface area contributed by atoms with Crippen molar-refractivity contribution >= 4 is 22.8 Å². The molecule has 1 N–H and O–H groups in total. The molecule has 0 aliphatic carbocycles. The number of ether oxygens (including phenoxy) is 1. The van der Waals surface area contributed by atoms with Crippen molar-refractivity contribution in [2.75, 3.05) is 19.4 Å². The van der Waals surface area contributed by atoms with E-state index in [-0.39, 0.29) is 5.97 Å². The van der Waals surface area contributed by atoms with Gasteiger partial charge in [0.05, 0.1) is 11.7 Å². The molecule has 0 unspecified atom stereocenters. The van der Waals surface area contributed by atoms with Gasteiger partial charge in [-0.1, -0.05) is 6.08 Å². The van der Waals surface area contributed by atoms with Gasteiger partial charge in [-0.2, -0.15) is 0 Å². The van der Waals surface area contributed by atoms with E-state index in [9.17, 15) is 4.79 Å². The van der Waals surface area contributed by atoms with Gasteiger partial charge in [0.1, 0.15) is 11.4 Å². The van der Waals surface area contributed by atoms with Crippen LogP contribution in [-0.4, -0.2) is 30.4 Å². The van der Waals surface area contributed by atoms with E-state index < -0.39 is 0 Å². The minimum atomic E-state index is -0.323. The van der Waals surface area contributed by atoms with E-state index in [2.05, 4.69) is 10.3 Å². The van der Waals surface area contributed by atoms with Crippen LogP contribution in [-0.2, 0) is 9.53 Å². The van der Waals surface area contributed by atoms with Crippen molar-refractivity contribution in [3.05, 3.63) is 23.5 Å². The van der Waals surface area contributed by atoms with E-state index in [1.54, 1.807) is 24.8 Å². The summed E-state index contributed by atoms with van der Waals surface area (Å²) < 4.78 is 5.06. The van der Waals surface area contributed by atoms with Crippen LogP contribution in [0.2, 0.25) is 0 Å². The Kier molecular flexibility index (Phi) is 6.57. The highest BCUT2D eigenvalue weighted by molar-refractivity contribution is 8.13. The molecule has 0 saturated carbocycles. The summed E-state index contributed by atoms with van der Waals surface area (Å²) in [5.74, 6) is 0.284. The van der Waals surface area contributed by atoms with Crippen LogP contribution in [0.3, 0.4) is 0 Å². The number of carbonyl (C=O) groups excluding carboxylic acids is 1. The Morgan fingerprint density at radius 3 is 2.94 bits per heavy atom. The second-order valence-corrected chi connectivity index (χ2v) is 4.54. The molecule has 0 aromatic heterocycles. The number of hydrogen-bond acceptors (Lipinski definition) is 5. The summed E-state index contributed by atoms with van der Waals surface area (Å²) in [7, 11) is 0. The molecule has 1 rings (SSSR count). The Labute approximate surface area is 113 Å². The topological polar surface area (TPSA) is 50.7 Å². The predicted molar refractivity (Wildman–Crippen MR) is 76.7 cm³/mol. The molecule has 0 aromatic rings. The summed E-state index contributed by atoms with van der Waals surface area (Å²) in [6, 6.07) is 0. The molecular weight excluding hydrogens is 248 g/mol. The fraction of sp³-hybridized carbons (Fsp3) is 0.538. The summed E-state index contributed by atoms with van der Waals surface area (Å²) in [5, 5.41) is 4.16. The Balaban J connectivity index is 3.13. The van der Waals surface area contributed by atoms with Crippen LogP contribution in [0.15, 0.2) is 28.5 Å². The molecule has 0 atom stereocenters. The quantitative estimate of drug-likeness (QED) is 0.796. The summed E-state index contributed by atoms with van der Waals surface area (Å²) in [4.78, 5) is 16.4. The standard InChI is InChI=1S/C13H20N2O2S/c1-4-14-12-10(13(16)17-5-2)8-6-7-9-11(15-12)18-3/h6,8,14H,4-5,7,9H2,1-3H3. The van der Waals surface area contributed by atoms with Crippen LogP contribution < -0.4 is 5.32 Å². The highest BCUT2D eigenvalue weighted by Gasteiger charge is 2.15. The number of hydrogen-bond donors (Lipinski definition) is 1. The average molecular weight is 268 g/mol. The Bertz CT molecular complexity index is 386. The van der Waals surface area contributed by atoms with Crippen LogP contribution >= 0.6 is 11.8 Å². The molecule has 1 aliphatic heterocycles. The lowest BCUT2D eigenvalue weighted by Crippen LogP contribution is -2.19. The molecule has 0 bridgehead atoms. The van der Waals surface area contributed by atoms with Crippen LogP contribution in [0, 0.1) is 0 Å². The van der Waals surface area contributed by atoms with Crippen molar-refractivity contribution in [2.45, 2.75) is 26.7 Å². The SMILES string of the molecule is CCNC1=C(C(=O)OCC)C=CCCC(SC)=N1. The largest absolute Gasteiger partial charge is 0.462 e. The number of nitrogens with one attached hydrogen (secondary N) is 1. The second kappa shape index (κ2) is 7.97. The van der Waals surface area contributed by atoms with Crippen LogP contribution in [0.5, 0.6) is 0 Å². The third-order valence-corrected chi connectivity index (χ3v) is 3.14. The number of carbonyl (C=O) groups is 1. The number of nitrogens with zero attached hydrogens (tertiary/aromatic N) is 1. The average Bonchev–Trinajstić information content (AvgIpc) is 2.33. The number of rotatable bonds is 4. The first-order valence-corrected chi connectivity index (χ1v) is 7.38. The molecule has 4 nitrogen and oxygen atoms in total. The van der Waals surface area contributed by atoms with Gasteiger partial charge in [0.15, 0.2) is 0 Å². The number of esters is 1. The molecule has 5 heteroatoms. The van der Waals surface area contributed by atoms with Crippen molar-refractivity contribution < 1.29 is 9.53 Å². The van der Waals surface area contributed by atoms with Gasteiger partial charge < -0.3 is 10.1 Å². The Morgan fingerprint density at radius 1 is 1.56 bits per heavy atom. The maximum absolute atomic E-state index is 11.9. The van der Waals surface area contributed by atoms with Gasteiger partial charge in [-0.05, 0) is 39.0 Å². The van der Waals surface area contributed by atoms with Gasteiger partial charge in [0.25, 0.3) is 0 Å². The third-order valence-electron chi connectivity index (χ3n) is 2.38. The number of aliphatic imine (C=N–C) groups is 1. The number of allylic oxidation sites excluding steroid dienone is 1. The molecule has 0 radical (unpaired) electrons. The van der Waals surface area contributed by atoms with Crippen molar-refractivity contribution in [2.24, 2.45) is 4.99 Å². The van der Waals surface area contributed by atoms with Crippen molar-refractivity contribution in [3.8, 4) is 0 Å². The van der Waals surface area contributed by atoms with Gasteiger partial charge in [0, 0.05) is 6.54 Å². The predicted octanol–water partition coefficient (Wildman–Crippen LogP) is 2.48. The second-order valence-electron chi connectivity index (χ2n) is 3.66. The Morgan fingerprint density at radius 2 is 2.33 bits per heavy atom. The molecule has 18 heavy (non-hydrogen) atoms. The Hall–Kier alpha value is -1.23. The molecule has 100 valence electrons. The number of thioether (sulfide) groups is 1. The van der Waals surface area contributed by atoms with E-state index in [1.807, 2.05) is 19.3 Å². The minimum Gasteiger partial charge on any atom is -0.462 e. The molecule has 0 amide bonds. The maximum Gasteiger partial charge on any atom is 0.341 e. The van der Waals surface area contributed by atoms with Crippen LogP contribution in [0.25, 0.3) is 0 Å². The van der Waals surface area contributed by atoms with Gasteiger partial charge in [-0.25, -0.2) is 9.79 Å². The van der Waals surface area contributed by atoms with Crippen molar-refractivity contribution in [1.82, 2.24) is 5.32 Å². The fourth-order valence-corrected chi connectivity index (χ4v) is 2.06. The van der Waals surface area contributed by atoms with E-state index in [4.69, 9.17) is 4.74 Å². The highest BCUT2D eigenvalue weighted by Crippen LogP contribution is 2.17. The first-order valence-electron chi connectivity index (χ1n) is 6.16. The lowest BCUT2D eigenvalue weighted by Gasteiger charge is -2.13. The molecule has 0 saturated heterocycles. The molecule has 0 spiro atoms. The van der Waals surface area contributed by atoms with Crippen molar-refractivity contribution in [3.63, 3.8) is 0 Å². The van der Waals surface area contributed by atoms with Gasteiger partial charge in [-0.3, -0.25) is 0 Å². The van der Waals surface area contributed by atoms with E-state index in [0.717, 1.165) is 24.4 Å². The summed E-state index contributed by atoms with van der Waals surface area (Å²) >= 11 is 1.61. The van der Waals surface area contributed by atoms with Gasteiger partial charge in [-0.15, -0.1) is 11.8 Å². The summed E-state index contributed by atoms with van der Waals surface area (Å²) in [6.45, 7) is 4.87.